The van der Waals surface area contributed by atoms with Crippen molar-refractivity contribution < 1.29 is 19.4 Å². The Hall–Kier alpha value is -3.72. The van der Waals surface area contributed by atoms with Crippen molar-refractivity contribution in [3.63, 3.8) is 0 Å². The van der Waals surface area contributed by atoms with Crippen LogP contribution in [0.3, 0.4) is 0 Å². The Morgan fingerprint density at radius 1 is 1.12 bits per heavy atom. The molecule has 2 aliphatic heterocycles. The Bertz CT molecular complexity index is 1130. The van der Waals surface area contributed by atoms with Gasteiger partial charge in [0.05, 0.1) is 19.1 Å². The van der Waals surface area contributed by atoms with Crippen LogP contribution in [0.15, 0.2) is 55.1 Å². The molecule has 0 aliphatic carbocycles. The fraction of sp³-hybridized carbons (Fsp3) is 0.304. The molecule has 0 spiro atoms. The molecule has 3 aromatic rings. The summed E-state index contributed by atoms with van der Waals surface area (Å²) in [5.74, 6) is 0.303. The fourth-order valence-corrected chi connectivity index (χ4v) is 4.23. The zero-order valence-corrected chi connectivity index (χ0v) is 17.3. The van der Waals surface area contributed by atoms with Crippen LogP contribution in [0.2, 0.25) is 0 Å². The summed E-state index contributed by atoms with van der Waals surface area (Å²) in [6.45, 7) is 1.37. The quantitative estimate of drug-likeness (QED) is 0.609. The van der Waals surface area contributed by atoms with Crippen LogP contribution in [-0.2, 0) is 24.5 Å². The van der Waals surface area contributed by atoms with Gasteiger partial charge in [0.25, 0.3) is 5.91 Å². The van der Waals surface area contributed by atoms with Crippen molar-refractivity contribution >= 4 is 11.8 Å². The van der Waals surface area contributed by atoms with Crippen LogP contribution in [0.4, 0.5) is 0 Å². The highest BCUT2D eigenvalue weighted by Gasteiger charge is 2.40. The van der Waals surface area contributed by atoms with Crippen LogP contribution in [0.5, 0.6) is 5.75 Å². The molecule has 5 rings (SSSR count). The van der Waals surface area contributed by atoms with Crippen LogP contribution in [-0.4, -0.2) is 48.9 Å². The molecule has 1 saturated heterocycles. The molecule has 3 heterocycles. The lowest BCUT2D eigenvalue weighted by molar-refractivity contribution is -0.129. The number of amides is 2. The van der Waals surface area contributed by atoms with Crippen LogP contribution >= 0.6 is 0 Å². The summed E-state index contributed by atoms with van der Waals surface area (Å²) in [4.78, 5) is 30.0. The average molecular weight is 433 g/mol. The summed E-state index contributed by atoms with van der Waals surface area (Å²) in [6, 6.07) is 13.1. The molecule has 9 heteroatoms. The van der Waals surface area contributed by atoms with Gasteiger partial charge < -0.3 is 20.1 Å². The van der Waals surface area contributed by atoms with Crippen molar-refractivity contribution in [3.8, 4) is 5.75 Å². The number of aliphatic hydroxyl groups is 1. The van der Waals surface area contributed by atoms with Gasteiger partial charge in [-0.3, -0.25) is 9.59 Å². The molecule has 0 radical (unpaired) electrons. The minimum atomic E-state index is -1.06. The van der Waals surface area contributed by atoms with E-state index in [1.165, 1.54) is 6.33 Å². The Morgan fingerprint density at radius 2 is 1.94 bits per heavy atom. The Kier molecular flexibility index (Phi) is 5.32. The van der Waals surface area contributed by atoms with E-state index in [9.17, 15) is 14.7 Å². The molecule has 164 valence electrons. The lowest BCUT2D eigenvalue weighted by Gasteiger charge is -2.35. The van der Waals surface area contributed by atoms with Crippen molar-refractivity contribution in [3.05, 3.63) is 77.4 Å². The number of nitrogens with one attached hydrogen (secondary N) is 1. The number of hydrogen-bond donors (Lipinski definition) is 2. The van der Waals surface area contributed by atoms with E-state index >= 15 is 0 Å². The van der Waals surface area contributed by atoms with Crippen molar-refractivity contribution in [2.75, 3.05) is 0 Å². The Morgan fingerprint density at radius 3 is 2.69 bits per heavy atom. The molecule has 1 fully saturated rings. The third-order valence-corrected chi connectivity index (χ3v) is 5.92. The maximum absolute atomic E-state index is 13.0. The number of aromatic nitrogens is 3. The molecular weight excluding hydrogens is 410 g/mol. The number of aliphatic hydroxyl groups excluding tert-OH is 1. The number of piperidine rings is 1. The summed E-state index contributed by atoms with van der Waals surface area (Å²) in [6.07, 6.45) is 2.85. The number of hydrogen-bond acceptors (Lipinski definition) is 6. The van der Waals surface area contributed by atoms with E-state index in [1.54, 1.807) is 28.0 Å². The van der Waals surface area contributed by atoms with Crippen molar-refractivity contribution in [2.45, 2.75) is 44.8 Å². The summed E-state index contributed by atoms with van der Waals surface area (Å²) in [7, 11) is 0. The molecule has 0 saturated carbocycles. The second kappa shape index (κ2) is 8.43. The summed E-state index contributed by atoms with van der Waals surface area (Å²) < 4.78 is 7.83. The lowest BCUT2D eigenvalue weighted by atomic mass is 10.0. The van der Waals surface area contributed by atoms with E-state index in [2.05, 4.69) is 15.4 Å². The second-order valence-corrected chi connectivity index (χ2v) is 8.03. The monoisotopic (exact) mass is 433 g/mol. The minimum Gasteiger partial charge on any atom is -0.489 e. The standard InChI is InChI=1S/C23H23N5O4/c29-21-9-8-19(22(30)26-21)28-11-18-17(23(28)31)2-1-3-20(18)32-12-16-6-4-15(5-7-16)10-27-14-24-13-25-27/h1-7,13-14,19,22,30H,8-12H2,(H,26,29). The molecule has 2 aliphatic rings. The fourth-order valence-electron chi connectivity index (χ4n) is 4.23. The lowest BCUT2D eigenvalue weighted by Crippen LogP contribution is -2.55. The van der Waals surface area contributed by atoms with Crippen LogP contribution in [0.1, 0.15) is 39.9 Å². The van der Waals surface area contributed by atoms with Gasteiger partial charge in [-0.25, -0.2) is 9.67 Å². The maximum atomic E-state index is 13.0. The number of fused-ring (bicyclic) bond motifs is 1. The number of carbonyl (C=O) groups is 2. The molecule has 2 amide bonds. The highest BCUT2D eigenvalue weighted by atomic mass is 16.5. The predicted molar refractivity (Wildman–Crippen MR) is 113 cm³/mol. The number of ether oxygens (including phenoxy) is 1. The molecule has 2 aromatic carbocycles. The molecule has 32 heavy (non-hydrogen) atoms. The minimum absolute atomic E-state index is 0.150. The number of carbonyl (C=O) groups excluding carboxylic acids is 2. The highest BCUT2D eigenvalue weighted by molar-refractivity contribution is 5.99. The van der Waals surface area contributed by atoms with Gasteiger partial charge in [0.15, 0.2) is 0 Å². The van der Waals surface area contributed by atoms with Gasteiger partial charge >= 0.3 is 0 Å². The number of rotatable bonds is 6. The van der Waals surface area contributed by atoms with Crippen LogP contribution < -0.4 is 10.1 Å². The first kappa shape index (κ1) is 20.2. The normalized spacial score (nSPS) is 20.2. The van der Waals surface area contributed by atoms with Gasteiger partial charge in [-0.05, 0) is 29.7 Å². The van der Waals surface area contributed by atoms with Gasteiger partial charge in [0, 0.05) is 17.5 Å². The van der Waals surface area contributed by atoms with Crippen LogP contribution in [0.25, 0.3) is 0 Å². The zero-order valence-electron chi connectivity index (χ0n) is 17.3. The number of nitrogens with zero attached hydrogens (tertiary/aromatic N) is 4. The maximum Gasteiger partial charge on any atom is 0.255 e. The largest absolute Gasteiger partial charge is 0.489 e. The van der Waals surface area contributed by atoms with Crippen LogP contribution in [0, 0.1) is 0 Å². The first-order chi connectivity index (χ1) is 15.6. The van der Waals surface area contributed by atoms with Gasteiger partial charge in [-0.1, -0.05) is 30.3 Å². The van der Waals surface area contributed by atoms with E-state index in [4.69, 9.17) is 4.74 Å². The SMILES string of the molecule is O=C1CCC(N2Cc3c(OCc4ccc(Cn5cncn5)cc4)cccc3C2=O)C(O)N1. The van der Waals surface area contributed by atoms with Crippen molar-refractivity contribution in [2.24, 2.45) is 0 Å². The Labute approximate surface area is 184 Å². The Balaban J connectivity index is 1.26. The van der Waals surface area contributed by atoms with E-state index in [0.29, 0.717) is 37.4 Å². The molecule has 2 N–H and O–H groups in total. The third-order valence-electron chi connectivity index (χ3n) is 5.92. The first-order valence-electron chi connectivity index (χ1n) is 10.5. The molecular formula is C23H23N5O4. The smallest absolute Gasteiger partial charge is 0.255 e. The molecule has 2 unspecified atom stereocenters. The van der Waals surface area contributed by atoms with E-state index in [1.807, 2.05) is 30.3 Å². The van der Waals surface area contributed by atoms with Gasteiger partial charge in [0.2, 0.25) is 5.91 Å². The van der Waals surface area contributed by atoms with Gasteiger partial charge in [-0.15, -0.1) is 0 Å². The zero-order chi connectivity index (χ0) is 22.1. The predicted octanol–water partition coefficient (Wildman–Crippen LogP) is 1.46. The summed E-state index contributed by atoms with van der Waals surface area (Å²) in [5.41, 5.74) is 3.51. The number of benzene rings is 2. The van der Waals surface area contributed by atoms with Crippen molar-refractivity contribution in [1.82, 2.24) is 25.0 Å². The van der Waals surface area contributed by atoms with Crippen molar-refractivity contribution in [1.29, 1.82) is 0 Å². The van der Waals surface area contributed by atoms with Gasteiger partial charge in [-0.2, -0.15) is 5.10 Å². The van der Waals surface area contributed by atoms with E-state index in [-0.39, 0.29) is 18.2 Å². The average Bonchev–Trinajstić information content (AvgIpc) is 3.42. The third kappa shape index (κ3) is 3.94. The van der Waals surface area contributed by atoms with E-state index in [0.717, 1.165) is 16.7 Å². The van der Waals surface area contributed by atoms with E-state index < -0.39 is 12.3 Å². The molecule has 9 nitrogen and oxygen atoms in total. The topological polar surface area (TPSA) is 110 Å². The second-order valence-electron chi connectivity index (χ2n) is 8.03. The highest BCUT2D eigenvalue weighted by Crippen LogP contribution is 2.34. The molecule has 2 atom stereocenters. The first-order valence-corrected chi connectivity index (χ1v) is 10.5. The summed E-state index contributed by atoms with van der Waals surface area (Å²) >= 11 is 0. The molecule has 0 bridgehead atoms. The molecule has 1 aromatic heterocycles. The van der Waals surface area contributed by atoms with Gasteiger partial charge in [0.1, 0.15) is 31.2 Å². The summed E-state index contributed by atoms with van der Waals surface area (Å²) in [5, 5.41) is 16.9.